The molecule has 0 radical (unpaired) electrons. The molecule has 0 unspecified atom stereocenters. The van der Waals surface area contributed by atoms with E-state index in [1.54, 1.807) is 12.1 Å². The van der Waals surface area contributed by atoms with Gasteiger partial charge in [-0.05, 0) is 24.1 Å². The Hall–Kier alpha value is -1.59. The topological polar surface area (TPSA) is 84.2 Å². The molecule has 1 heterocycles. The van der Waals surface area contributed by atoms with E-state index in [9.17, 15) is 9.59 Å². The largest absolute Gasteiger partial charge is 0.344 e. The molecule has 98 valence electrons. The molecule has 18 heavy (non-hydrogen) atoms. The number of hydrogen-bond donors (Lipinski definition) is 3. The van der Waals surface area contributed by atoms with Gasteiger partial charge in [-0.1, -0.05) is 12.1 Å². The highest BCUT2D eigenvalue weighted by Gasteiger charge is 2.26. The summed E-state index contributed by atoms with van der Waals surface area (Å²) in [5.74, 6) is -0.236. The zero-order valence-electron chi connectivity index (χ0n) is 9.81. The van der Waals surface area contributed by atoms with Crippen LogP contribution >= 0.6 is 12.4 Å². The lowest BCUT2D eigenvalue weighted by molar-refractivity contribution is -0.122. The molecule has 1 saturated heterocycles. The first-order valence-corrected chi connectivity index (χ1v) is 5.58. The molecule has 0 spiro atoms. The van der Waals surface area contributed by atoms with E-state index in [4.69, 9.17) is 5.73 Å². The number of hydrogen-bond acceptors (Lipinski definition) is 3. The van der Waals surface area contributed by atoms with Crippen molar-refractivity contribution in [3.63, 3.8) is 0 Å². The van der Waals surface area contributed by atoms with Gasteiger partial charge in [0.15, 0.2) is 0 Å². The summed E-state index contributed by atoms with van der Waals surface area (Å²) in [5.41, 5.74) is 7.21. The van der Waals surface area contributed by atoms with E-state index in [0.29, 0.717) is 25.1 Å². The van der Waals surface area contributed by atoms with Crippen LogP contribution in [0.1, 0.15) is 18.4 Å². The second-order valence-electron chi connectivity index (χ2n) is 4.05. The van der Waals surface area contributed by atoms with Crippen LogP contribution in [0.3, 0.4) is 0 Å². The second-order valence-corrected chi connectivity index (χ2v) is 4.05. The number of benzene rings is 1. The van der Waals surface area contributed by atoms with Gasteiger partial charge in [-0.2, -0.15) is 0 Å². The Labute approximate surface area is 112 Å². The van der Waals surface area contributed by atoms with Gasteiger partial charge in [0.2, 0.25) is 11.8 Å². The van der Waals surface area contributed by atoms with Crippen molar-refractivity contribution in [3.05, 3.63) is 29.8 Å². The highest BCUT2D eigenvalue weighted by atomic mass is 35.5. The molecule has 5 nitrogen and oxygen atoms in total. The molecular formula is C12H16ClN3O2. The van der Waals surface area contributed by atoms with Crippen molar-refractivity contribution in [1.29, 1.82) is 0 Å². The molecular weight excluding hydrogens is 254 g/mol. The third kappa shape index (κ3) is 3.45. The molecule has 0 saturated carbocycles. The molecule has 2 amide bonds. The Morgan fingerprint density at radius 3 is 2.56 bits per heavy atom. The van der Waals surface area contributed by atoms with E-state index in [1.165, 1.54) is 0 Å². The lowest BCUT2D eigenvalue weighted by Gasteiger charge is -2.11. The summed E-state index contributed by atoms with van der Waals surface area (Å²) in [5, 5.41) is 5.39. The van der Waals surface area contributed by atoms with E-state index < -0.39 is 6.04 Å². The molecule has 4 N–H and O–H groups in total. The molecule has 0 bridgehead atoms. The van der Waals surface area contributed by atoms with Crippen LogP contribution in [0.2, 0.25) is 0 Å². The molecule has 1 aromatic rings. The van der Waals surface area contributed by atoms with Crippen molar-refractivity contribution in [2.24, 2.45) is 5.73 Å². The highest BCUT2D eigenvalue weighted by Crippen LogP contribution is 2.12. The number of carbonyl (C=O) groups excluding carboxylic acids is 2. The number of nitrogens with one attached hydrogen (secondary N) is 2. The number of rotatable bonds is 3. The lowest BCUT2D eigenvalue weighted by atomic mass is 10.2. The normalized spacial score (nSPS) is 17.8. The van der Waals surface area contributed by atoms with E-state index in [2.05, 4.69) is 10.6 Å². The molecule has 2 rings (SSSR count). The average Bonchev–Trinajstić information content (AvgIpc) is 2.77. The maximum Gasteiger partial charge on any atom is 0.246 e. The van der Waals surface area contributed by atoms with Gasteiger partial charge in [-0.25, -0.2) is 0 Å². The van der Waals surface area contributed by atoms with Crippen molar-refractivity contribution in [2.45, 2.75) is 25.4 Å². The minimum Gasteiger partial charge on any atom is -0.344 e. The minimum absolute atomic E-state index is 0. The van der Waals surface area contributed by atoms with E-state index in [1.807, 2.05) is 12.1 Å². The van der Waals surface area contributed by atoms with Crippen molar-refractivity contribution < 1.29 is 9.59 Å². The van der Waals surface area contributed by atoms with Crippen molar-refractivity contribution >= 4 is 29.9 Å². The Morgan fingerprint density at radius 2 is 2.06 bits per heavy atom. The summed E-state index contributed by atoms with van der Waals surface area (Å²) >= 11 is 0. The Bertz CT molecular complexity index is 433. The predicted octanol–water partition coefficient (Wildman–Crippen LogP) is 0.784. The van der Waals surface area contributed by atoms with Crippen LogP contribution < -0.4 is 16.4 Å². The van der Waals surface area contributed by atoms with Gasteiger partial charge in [-0.15, -0.1) is 12.4 Å². The third-order valence-corrected chi connectivity index (χ3v) is 2.77. The van der Waals surface area contributed by atoms with Crippen molar-refractivity contribution in [3.8, 4) is 0 Å². The summed E-state index contributed by atoms with van der Waals surface area (Å²) in [4.78, 5) is 22.8. The maximum absolute atomic E-state index is 11.8. The van der Waals surface area contributed by atoms with Gasteiger partial charge in [0.25, 0.3) is 0 Å². The summed E-state index contributed by atoms with van der Waals surface area (Å²) < 4.78 is 0. The Morgan fingerprint density at radius 1 is 1.39 bits per heavy atom. The number of carbonyl (C=O) groups is 2. The maximum atomic E-state index is 11.8. The highest BCUT2D eigenvalue weighted by molar-refractivity contribution is 5.98. The fourth-order valence-electron chi connectivity index (χ4n) is 1.76. The first-order chi connectivity index (χ1) is 8.19. The van der Waals surface area contributed by atoms with Crippen molar-refractivity contribution in [1.82, 2.24) is 5.32 Å². The van der Waals surface area contributed by atoms with E-state index in [-0.39, 0.29) is 24.2 Å². The summed E-state index contributed by atoms with van der Waals surface area (Å²) in [6.45, 7) is 0.479. The fraction of sp³-hybridized carbons (Fsp3) is 0.333. The fourth-order valence-corrected chi connectivity index (χ4v) is 1.76. The first kappa shape index (κ1) is 14.5. The zero-order chi connectivity index (χ0) is 12.3. The van der Waals surface area contributed by atoms with Crippen molar-refractivity contribution in [2.75, 3.05) is 5.32 Å². The molecule has 1 aromatic carbocycles. The quantitative estimate of drug-likeness (QED) is 0.758. The van der Waals surface area contributed by atoms with Crippen LogP contribution in [0.5, 0.6) is 0 Å². The summed E-state index contributed by atoms with van der Waals surface area (Å²) in [7, 11) is 0. The van der Waals surface area contributed by atoms with Gasteiger partial charge in [0.1, 0.15) is 6.04 Å². The number of halogens is 1. The van der Waals surface area contributed by atoms with Crippen LogP contribution in [-0.4, -0.2) is 17.9 Å². The van der Waals surface area contributed by atoms with Gasteiger partial charge in [0, 0.05) is 18.7 Å². The molecule has 1 aliphatic heterocycles. The second kappa shape index (κ2) is 6.37. The van der Waals surface area contributed by atoms with Crippen LogP contribution in [0, 0.1) is 0 Å². The smallest absolute Gasteiger partial charge is 0.246 e. The SMILES string of the molecule is Cl.NCc1ccc(NC(=O)[C@H]2CCC(=O)N2)cc1. The predicted molar refractivity (Wildman–Crippen MR) is 71.4 cm³/mol. The molecule has 6 heteroatoms. The number of nitrogens with two attached hydrogens (primary N) is 1. The van der Waals surface area contributed by atoms with E-state index >= 15 is 0 Å². The minimum atomic E-state index is -0.406. The number of amides is 2. The van der Waals surface area contributed by atoms with Crippen LogP contribution in [0.25, 0.3) is 0 Å². The number of anilines is 1. The molecule has 1 fully saturated rings. The molecule has 1 atom stereocenters. The molecule has 0 aromatic heterocycles. The lowest BCUT2D eigenvalue weighted by Crippen LogP contribution is -2.37. The Kier molecular flexibility index (Phi) is 5.12. The van der Waals surface area contributed by atoms with E-state index in [0.717, 1.165) is 5.56 Å². The summed E-state index contributed by atoms with van der Waals surface area (Å²) in [6, 6.07) is 6.93. The van der Waals surface area contributed by atoms with Gasteiger partial charge >= 0.3 is 0 Å². The van der Waals surface area contributed by atoms with Crippen LogP contribution in [0.4, 0.5) is 5.69 Å². The van der Waals surface area contributed by atoms with Gasteiger partial charge < -0.3 is 16.4 Å². The van der Waals surface area contributed by atoms with Crippen LogP contribution in [0.15, 0.2) is 24.3 Å². The van der Waals surface area contributed by atoms with Gasteiger partial charge in [0.05, 0.1) is 0 Å². The monoisotopic (exact) mass is 269 g/mol. The van der Waals surface area contributed by atoms with Crippen LogP contribution in [-0.2, 0) is 16.1 Å². The molecule has 0 aliphatic carbocycles. The Balaban J connectivity index is 0.00000162. The molecule has 1 aliphatic rings. The zero-order valence-corrected chi connectivity index (χ0v) is 10.6. The standard InChI is InChI=1S/C12H15N3O2.ClH/c13-7-8-1-3-9(4-2-8)14-12(17)10-5-6-11(16)15-10;/h1-4,10H,5-7,13H2,(H,14,17)(H,15,16);1H/t10-;/m1./s1. The first-order valence-electron chi connectivity index (χ1n) is 5.58. The average molecular weight is 270 g/mol. The van der Waals surface area contributed by atoms with Gasteiger partial charge in [-0.3, -0.25) is 9.59 Å². The third-order valence-electron chi connectivity index (χ3n) is 2.77. The summed E-state index contributed by atoms with van der Waals surface area (Å²) in [6.07, 6.45) is 0.982.